The van der Waals surface area contributed by atoms with E-state index in [-0.39, 0.29) is 6.10 Å². The van der Waals surface area contributed by atoms with Gasteiger partial charge in [-0.1, -0.05) is 36.4 Å². The van der Waals surface area contributed by atoms with Gasteiger partial charge in [-0.15, -0.1) is 19.4 Å². The number of aromatic nitrogens is 2. The van der Waals surface area contributed by atoms with E-state index in [2.05, 4.69) is 29.4 Å². The van der Waals surface area contributed by atoms with Gasteiger partial charge in [0, 0.05) is 12.5 Å². The molecule has 0 fully saturated rings. The smallest absolute Gasteiger partial charge is 0.478 e. The Morgan fingerprint density at radius 1 is 1.18 bits per heavy atom. The van der Waals surface area contributed by atoms with E-state index >= 15 is 0 Å². The van der Waals surface area contributed by atoms with E-state index in [1.807, 2.05) is 43.3 Å². The van der Waals surface area contributed by atoms with Crippen molar-refractivity contribution in [2.45, 2.75) is 32.5 Å². The van der Waals surface area contributed by atoms with Gasteiger partial charge in [-0.3, -0.25) is 0 Å². The van der Waals surface area contributed by atoms with Crippen LogP contribution in [-0.4, -0.2) is 49.5 Å². The van der Waals surface area contributed by atoms with Crippen LogP contribution in [0.15, 0.2) is 55.3 Å². The molecule has 0 saturated heterocycles. The molecule has 4 N–H and O–H groups in total. The summed E-state index contributed by atoms with van der Waals surface area (Å²) in [6, 6.07) is 7.73. The summed E-state index contributed by atoms with van der Waals surface area (Å²) in [6.07, 6.45) is 13.2. The lowest BCUT2D eigenvalue weighted by atomic mass is 10.1. The molecule has 7 nitrogen and oxygen atoms in total. The number of terminal acetylenes is 1. The van der Waals surface area contributed by atoms with Crippen molar-refractivity contribution in [1.82, 2.24) is 9.97 Å². The van der Waals surface area contributed by atoms with E-state index < -0.39 is 18.1 Å². The highest BCUT2D eigenvalue weighted by Gasteiger charge is 2.38. The number of alkyl halides is 3. The van der Waals surface area contributed by atoms with Crippen LogP contribution in [-0.2, 0) is 16.0 Å². The van der Waals surface area contributed by atoms with E-state index in [1.165, 1.54) is 6.08 Å². The molecule has 2 aromatic rings. The molecule has 1 unspecified atom stereocenters. The number of hydrogen-bond acceptors (Lipinski definition) is 4. The number of aliphatic hydroxyl groups excluding tert-OH is 1. The summed E-state index contributed by atoms with van der Waals surface area (Å²) in [6.45, 7) is 6.93. The third-order valence-electron chi connectivity index (χ3n) is 3.35. The molecule has 10 heteroatoms. The molecule has 0 amide bonds. The van der Waals surface area contributed by atoms with E-state index in [0.717, 1.165) is 35.1 Å². The number of rotatable bonds is 6. The zero-order valence-electron chi connectivity index (χ0n) is 18.7. The first-order chi connectivity index (χ1) is 15.9. The number of hydrogen-bond donors (Lipinski definition) is 4. The van der Waals surface area contributed by atoms with Crippen LogP contribution in [0.25, 0.3) is 12.2 Å². The molecule has 0 aliphatic rings. The highest BCUT2D eigenvalue weighted by molar-refractivity contribution is 5.85. The van der Waals surface area contributed by atoms with Gasteiger partial charge in [0.25, 0.3) is 0 Å². The number of carbonyl (C=O) groups is 2. The van der Waals surface area contributed by atoms with E-state index in [4.69, 9.17) is 20.1 Å². The minimum Gasteiger partial charge on any atom is -0.478 e. The van der Waals surface area contributed by atoms with Gasteiger partial charge in [0.15, 0.2) is 0 Å². The van der Waals surface area contributed by atoms with Crippen LogP contribution in [0.3, 0.4) is 0 Å². The maximum Gasteiger partial charge on any atom is 0.490 e. The fourth-order valence-electron chi connectivity index (χ4n) is 1.84. The summed E-state index contributed by atoms with van der Waals surface area (Å²) in [4.78, 5) is 26.9. The number of nitrogens with one attached hydrogen (secondary N) is 1. The van der Waals surface area contributed by atoms with Crippen molar-refractivity contribution >= 4 is 24.1 Å². The zero-order valence-corrected chi connectivity index (χ0v) is 18.7. The molecular formula is C24H27F3N2O5. The quantitative estimate of drug-likeness (QED) is 0.273. The number of imidazole rings is 1. The Hall–Kier alpha value is -4.10. The first-order valence-corrected chi connectivity index (χ1v) is 9.49. The van der Waals surface area contributed by atoms with Gasteiger partial charge < -0.3 is 20.3 Å². The topological polar surface area (TPSA) is 124 Å². The van der Waals surface area contributed by atoms with Crippen molar-refractivity contribution < 1.29 is 38.1 Å². The first-order valence-electron chi connectivity index (χ1n) is 9.49. The largest absolute Gasteiger partial charge is 0.490 e. The summed E-state index contributed by atoms with van der Waals surface area (Å²) in [5, 5.41) is 23.9. The van der Waals surface area contributed by atoms with E-state index in [9.17, 15) is 18.0 Å². The Kier molecular flexibility index (Phi) is 16.5. The fourth-order valence-corrected chi connectivity index (χ4v) is 1.84. The van der Waals surface area contributed by atoms with Gasteiger partial charge in [0.1, 0.15) is 5.82 Å². The molecule has 1 atom stereocenters. The summed E-state index contributed by atoms with van der Waals surface area (Å²) in [7, 11) is 0. The molecular weight excluding hydrogens is 453 g/mol. The minimum atomic E-state index is -5.08. The monoisotopic (exact) mass is 480 g/mol. The highest BCUT2D eigenvalue weighted by Crippen LogP contribution is 2.13. The van der Waals surface area contributed by atoms with Crippen molar-refractivity contribution in [3.63, 3.8) is 0 Å². The number of nitrogens with zero attached hydrogens (tertiary/aromatic N) is 1. The van der Waals surface area contributed by atoms with Crippen LogP contribution in [0.1, 0.15) is 36.5 Å². The molecule has 1 heterocycles. The normalized spacial score (nSPS) is 11.2. The number of aliphatic hydroxyl groups is 1. The predicted octanol–water partition coefficient (Wildman–Crippen LogP) is 4.57. The second-order valence-corrected chi connectivity index (χ2v) is 6.15. The number of halogens is 3. The summed E-state index contributed by atoms with van der Waals surface area (Å²) >= 11 is 0. The van der Waals surface area contributed by atoms with Gasteiger partial charge in [-0.2, -0.15) is 13.2 Å². The second-order valence-electron chi connectivity index (χ2n) is 6.15. The van der Waals surface area contributed by atoms with Crippen LogP contribution in [0.2, 0.25) is 0 Å². The number of benzene rings is 1. The average Bonchev–Trinajstić information content (AvgIpc) is 3.22. The van der Waals surface area contributed by atoms with Crippen molar-refractivity contribution in [1.29, 1.82) is 0 Å². The molecule has 0 spiro atoms. The molecule has 2 rings (SSSR count). The Morgan fingerprint density at radius 3 is 2.06 bits per heavy atom. The maximum atomic E-state index is 10.6. The standard InChI is InChI=1S/C16H16N2O2.C4H8O.C2HF3O2.C2H2/c1-2-3-14-11-17-15(18-14)10-13-6-4-12(5-7-13)8-9-16(19)20;1-3-4(2)5;3-2(4,5)1(6)7;1-2/h2-9,11H,10H2,1H3,(H,17,18)(H,19,20);3-5H,1H2,2H3;(H,6,7);1-2H/b3-2+,9-8+;;;. The Morgan fingerprint density at radius 2 is 1.68 bits per heavy atom. The van der Waals surface area contributed by atoms with Crippen LogP contribution >= 0.6 is 0 Å². The summed E-state index contributed by atoms with van der Waals surface area (Å²) in [5.41, 5.74) is 2.98. The van der Waals surface area contributed by atoms with Crippen molar-refractivity contribution in [2.24, 2.45) is 0 Å². The van der Waals surface area contributed by atoms with Gasteiger partial charge in [0.05, 0.1) is 18.0 Å². The maximum absolute atomic E-state index is 10.6. The summed E-state index contributed by atoms with van der Waals surface area (Å²) in [5.74, 6) is -2.79. The number of aliphatic carboxylic acids is 2. The minimum absolute atomic E-state index is 0.352. The van der Waals surface area contributed by atoms with E-state index in [0.29, 0.717) is 0 Å². The van der Waals surface area contributed by atoms with Gasteiger partial charge in [0.2, 0.25) is 0 Å². The highest BCUT2D eigenvalue weighted by atomic mass is 19.4. The van der Waals surface area contributed by atoms with Gasteiger partial charge in [-0.25, -0.2) is 14.6 Å². The lowest BCUT2D eigenvalue weighted by Gasteiger charge is -1.99. The Balaban J connectivity index is 0. The zero-order chi connectivity index (χ0) is 26.7. The molecule has 0 bridgehead atoms. The SMILES string of the molecule is C#C.C/C=C/c1cnc(Cc2ccc(/C=C/C(=O)O)cc2)[nH]1.C=CC(C)O.O=C(O)C(F)(F)F. The molecule has 1 aromatic heterocycles. The lowest BCUT2D eigenvalue weighted by molar-refractivity contribution is -0.192. The first kappa shape index (κ1) is 32.1. The molecule has 0 radical (unpaired) electrons. The van der Waals surface area contributed by atoms with E-state index in [1.54, 1.807) is 19.2 Å². The van der Waals surface area contributed by atoms with Crippen molar-refractivity contribution in [3.05, 3.63) is 77.9 Å². The number of carboxylic acid groups (broad SMARTS) is 2. The number of carboxylic acids is 2. The Labute approximate surface area is 196 Å². The second kappa shape index (κ2) is 17.5. The summed E-state index contributed by atoms with van der Waals surface area (Å²) < 4.78 is 31.7. The van der Waals surface area contributed by atoms with Crippen LogP contribution in [0, 0.1) is 12.8 Å². The Bertz CT molecular complexity index is 957. The molecule has 0 aliphatic carbocycles. The fraction of sp³-hybridized carbons (Fsp3) is 0.208. The molecule has 0 aliphatic heterocycles. The van der Waals surface area contributed by atoms with Crippen LogP contribution < -0.4 is 0 Å². The van der Waals surface area contributed by atoms with Crippen LogP contribution in [0.4, 0.5) is 13.2 Å². The third kappa shape index (κ3) is 16.6. The number of aromatic amines is 1. The predicted molar refractivity (Wildman–Crippen MR) is 125 cm³/mol. The molecule has 34 heavy (non-hydrogen) atoms. The van der Waals surface area contributed by atoms with Gasteiger partial charge in [-0.05, 0) is 37.1 Å². The van der Waals surface area contributed by atoms with Crippen molar-refractivity contribution in [3.8, 4) is 12.8 Å². The van der Waals surface area contributed by atoms with Crippen molar-refractivity contribution in [2.75, 3.05) is 0 Å². The molecule has 184 valence electrons. The molecule has 0 saturated carbocycles. The third-order valence-corrected chi connectivity index (χ3v) is 3.35. The average molecular weight is 480 g/mol. The van der Waals surface area contributed by atoms with Gasteiger partial charge >= 0.3 is 18.1 Å². The number of allylic oxidation sites excluding steroid dienone is 1. The van der Waals surface area contributed by atoms with Crippen LogP contribution in [0.5, 0.6) is 0 Å². The number of H-pyrrole nitrogens is 1. The molecule has 1 aromatic carbocycles. The lowest BCUT2D eigenvalue weighted by Crippen LogP contribution is -2.21.